The highest BCUT2D eigenvalue weighted by atomic mass is 16.5. The van der Waals surface area contributed by atoms with Crippen LogP contribution < -0.4 is 19.7 Å². The van der Waals surface area contributed by atoms with Crippen molar-refractivity contribution in [1.82, 2.24) is 4.90 Å². The number of ether oxygens (including phenoxy) is 2. The summed E-state index contributed by atoms with van der Waals surface area (Å²) in [7, 11) is 1.73. The highest BCUT2D eigenvalue weighted by molar-refractivity contribution is 5.98. The van der Waals surface area contributed by atoms with Gasteiger partial charge >= 0.3 is 0 Å². The monoisotopic (exact) mass is 435 g/mol. The summed E-state index contributed by atoms with van der Waals surface area (Å²) in [5.74, 6) is 1.78. The predicted molar refractivity (Wildman–Crippen MR) is 127 cm³/mol. The number of nitrogens with one attached hydrogen (secondary N) is 1. The molecule has 1 aliphatic carbocycles. The molecule has 2 aromatic carbocycles. The van der Waals surface area contributed by atoms with Crippen molar-refractivity contribution in [3.8, 4) is 11.5 Å². The quantitative estimate of drug-likeness (QED) is 0.746. The number of amides is 1. The van der Waals surface area contributed by atoms with Crippen LogP contribution in [0.4, 0.5) is 11.4 Å². The average molecular weight is 436 g/mol. The lowest BCUT2D eigenvalue weighted by atomic mass is 9.90. The summed E-state index contributed by atoms with van der Waals surface area (Å²) in [4.78, 5) is 17.5. The maximum absolute atomic E-state index is 12.6. The summed E-state index contributed by atoms with van der Waals surface area (Å²) in [6.07, 6.45) is 6.00. The van der Waals surface area contributed by atoms with E-state index in [9.17, 15) is 4.79 Å². The smallest absolute Gasteiger partial charge is 0.265 e. The van der Waals surface area contributed by atoms with Crippen molar-refractivity contribution in [2.24, 2.45) is 0 Å². The van der Waals surface area contributed by atoms with Crippen LogP contribution in [0.2, 0.25) is 0 Å². The van der Waals surface area contributed by atoms with Crippen molar-refractivity contribution in [2.75, 3.05) is 50.1 Å². The fourth-order valence-corrected chi connectivity index (χ4v) is 5.17. The fourth-order valence-electron chi connectivity index (χ4n) is 5.17. The third-order valence-corrected chi connectivity index (χ3v) is 7.00. The average Bonchev–Trinajstić information content (AvgIpc) is 2.83. The third-order valence-electron chi connectivity index (χ3n) is 7.00. The number of piperazine rings is 1. The number of hydrogen-bond donors (Lipinski definition) is 1. The van der Waals surface area contributed by atoms with E-state index in [-0.39, 0.29) is 12.0 Å². The number of aryl methyl sites for hydroxylation is 2. The van der Waals surface area contributed by atoms with Gasteiger partial charge in [-0.2, -0.15) is 0 Å². The van der Waals surface area contributed by atoms with Gasteiger partial charge in [-0.05, 0) is 80.5 Å². The number of fused-ring (bicyclic) bond motifs is 2. The first-order valence-electron chi connectivity index (χ1n) is 11.9. The zero-order valence-corrected chi connectivity index (χ0v) is 18.9. The molecule has 32 heavy (non-hydrogen) atoms. The van der Waals surface area contributed by atoms with Crippen LogP contribution >= 0.6 is 0 Å². The topological polar surface area (TPSA) is 54.0 Å². The van der Waals surface area contributed by atoms with Gasteiger partial charge in [0.2, 0.25) is 0 Å². The SMILES string of the molecule is COc1ccccc1N1CCN(CCCC2Oc3cc4c(cc3NC2=O)CCCC4)CC1. The Balaban J connectivity index is 1.11. The molecule has 3 aliphatic rings. The first-order chi connectivity index (χ1) is 15.7. The number of carbonyl (C=O) groups is 1. The molecule has 2 aliphatic heterocycles. The molecule has 2 aromatic rings. The van der Waals surface area contributed by atoms with Crippen molar-refractivity contribution in [2.45, 2.75) is 44.6 Å². The molecule has 0 radical (unpaired) electrons. The second-order valence-electron chi connectivity index (χ2n) is 9.06. The van der Waals surface area contributed by atoms with E-state index in [4.69, 9.17) is 9.47 Å². The second kappa shape index (κ2) is 9.41. The normalized spacial score (nSPS) is 20.7. The summed E-state index contributed by atoms with van der Waals surface area (Å²) in [5.41, 5.74) is 4.77. The molecule has 6 nitrogen and oxygen atoms in total. The summed E-state index contributed by atoms with van der Waals surface area (Å²) in [5, 5.41) is 3.09. The van der Waals surface area contributed by atoms with Gasteiger partial charge in [0, 0.05) is 26.2 Å². The van der Waals surface area contributed by atoms with Gasteiger partial charge in [0.1, 0.15) is 11.5 Å². The number of rotatable bonds is 6. The first-order valence-corrected chi connectivity index (χ1v) is 11.9. The summed E-state index contributed by atoms with van der Waals surface area (Å²) < 4.78 is 11.7. The molecule has 0 bridgehead atoms. The van der Waals surface area contributed by atoms with E-state index in [1.54, 1.807) is 7.11 Å². The zero-order valence-electron chi connectivity index (χ0n) is 18.9. The number of nitrogens with zero attached hydrogens (tertiary/aromatic N) is 2. The van der Waals surface area contributed by atoms with E-state index in [1.807, 2.05) is 12.1 Å². The van der Waals surface area contributed by atoms with Gasteiger partial charge in [-0.25, -0.2) is 0 Å². The van der Waals surface area contributed by atoms with Crippen LogP contribution in [-0.2, 0) is 17.6 Å². The first kappa shape index (κ1) is 21.1. The van der Waals surface area contributed by atoms with Crippen molar-refractivity contribution in [1.29, 1.82) is 0 Å². The molecule has 1 amide bonds. The van der Waals surface area contributed by atoms with E-state index < -0.39 is 0 Å². The van der Waals surface area contributed by atoms with E-state index in [2.05, 4.69) is 39.4 Å². The minimum atomic E-state index is -0.390. The molecule has 1 unspecified atom stereocenters. The van der Waals surface area contributed by atoms with Crippen LogP contribution in [0.25, 0.3) is 0 Å². The lowest BCUT2D eigenvalue weighted by Gasteiger charge is -2.36. The van der Waals surface area contributed by atoms with E-state index >= 15 is 0 Å². The number of carbonyl (C=O) groups excluding carboxylic acids is 1. The Hall–Kier alpha value is -2.73. The molecule has 1 saturated heterocycles. The number of para-hydroxylation sites is 2. The summed E-state index contributed by atoms with van der Waals surface area (Å²) >= 11 is 0. The van der Waals surface area contributed by atoms with Crippen LogP contribution in [-0.4, -0.2) is 56.7 Å². The molecule has 1 atom stereocenters. The van der Waals surface area contributed by atoms with Crippen molar-refractivity contribution in [3.05, 3.63) is 47.5 Å². The minimum absolute atomic E-state index is 0.00532. The zero-order chi connectivity index (χ0) is 21.9. The van der Waals surface area contributed by atoms with E-state index in [0.29, 0.717) is 0 Å². The fraction of sp³-hybridized carbons (Fsp3) is 0.500. The second-order valence-corrected chi connectivity index (χ2v) is 9.06. The molecule has 170 valence electrons. The number of methoxy groups -OCH3 is 1. The predicted octanol–water partition coefficient (Wildman–Crippen LogP) is 3.88. The lowest BCUT2D eigenvalue weighted by molar-refractivity contribution is -0.123. The van der Waals surface area contributed by atoms with E-state index in [0.717, 1.165) is 75.6 Å². The van der Waals surface area contributed by atoms with Gasteiger partial charge in [-0.15, -0.1) is 0 Å². The summed E-state index contributed by atoms with van der Waals surface area (Å²) in [6, 6.07) is 12.5. The van der Waals surface area contributed by atoms with Gasteiger partial charge in [0.05, 0.1) is 18.5 Å². The maximum Gasteiger partial charge on any atom is 0.265 e. The van der Waals surface area contributed by atoms with E-state index in [1.165, 1.54) is 29.7 Å². The number of hydrogen-bond acceptors (Lipinski definition) is 5. The van der Waals surface area contributed by atoms with Gasteiger partial charge < -0.3 is 19.7 Å². The molecule has 1 fully saturated rings. The maximum atomic E-state index is 12.6. The lowest BCUT2D eigenvalue weighted by Crippen LogP contribution is -2.47. The molecule has 0 saturated carbocycles. The Morgan fingerprint density at radius 2 is 1.81 bits per heavy atom. The molecule has 0 spiro atoms. The third kappa shape index (κ3) is 4.42. The summed E-state index contributed by atoms with van der Waals surface area (Å²) in [6.45, 7) is 5.00. The Labute approximate surface area is 190 Å². The highest BCUT2D eigenvalue weighted by Crippen LogP contribution is 2.36. The van der Waals surface area contributed by atoms with Crippen molar-refractivity contribution < 1.29 is 14.3 Å². The minimum Gasteiger partial charge on any atom is -0.495 e. The Kier molecular flexibility index (Phi) is 6.21. The van der Waals surface area contributed by atoms with Crippen LogP contribution in [0.3, 0.4) is 0 Å². The molecular formula is C26H33N3O3. The van der Waals surface area contributed by atoms with Gasteiger partial charge in [0.15, 0.2) is 6.10 Å². The molecule has 5 rings (SSSR count). The number of anilines is 2. The molecule has 2 heterocycles. The van der Waals surface area contributed by atoms with Gasteiger partial charge in [-0.1, -0.05) is 12.1 Å². The van der Waals surface area contributed by atoms with Crippen LogP contribution in [0.15, 0.2) is 36.4 Å². The number of benzene rings is 2. The van der Waals surface area contributed by atoms with Crippen LogP contribution in [0.5, 0.6) is 11.5 Å². The molecule has 1 N–H and O–H groups in total. The van der Waals surface area contributed by atoms with Crippen molar-refractivity contribution >= 4 is 17.3 Å². The van der Waals surface area contributed by atoms with Gasteiger partial charge in [-0.3, -0.25) is 9.69 Å². The standard InChI is InChI=1S/C26H33N3O3/c1-31-23-10-5-4-9-22(23)29-15-13-28(14-16-29)12-6-11-24-26(30)27-21-17-19-7-2-3-8-20(19)18-25(21)32-24/h4-5,9-10,17-18,24H,2-3,6-8,11-16H2,1H3,(H,27,30). The van der Waals surface area contributed by atoms with Crippen LogP contribution in [0, 0.1) is 0 Å². The molecule has 6 heteroatoms. The largest absolute Gasteiger partial charge is 0.495 e. The Morgan fingerprint density at radius 1 is 1.06 bits per heavy atom. The van der Waals surface area contributed by atoms with Crippen molar-refractivity contribution in [3.63, 3.8) is 0 Å². The highest BCUT2D eigenvalue weighted by Gasteiger charge is 2.29. The Bertz CT molecular complexity index is 969. The molecular weight excluding hydrogens is 402 g/mol. The molecule has 0 aromatic heterocycles. The Morgan fingerprint density at radius 3 is 2.59 bits per heavy atom. The van der Waals surface area contributed by atoms with Crippen LogP contribution in [0.1, 0.15) is 36.8 Å². The van der Waals surface area contributed by atoms with Gasteiger partial charge in [0.25, 0.3) is 5.91 Å².